The standard InChI is InChI=1S/C17H20N2O3/c20-15(6-7-17(22)19-8-2-1-3-9-19)12-4-5-14-13(10-12)11-16(21)18-14/h4-5,10H,1-3,6-9,11H2,(H,18,21). The number of nitrogens with zero attached hydrogens (tertiary/aromatic N) is 1. The molecule has 5 heteroatoms. The molecule has 5 nitrogen and oxygen atoms in total. The molecule has 1 N–H and O–H groups in total. The molecule has 0 atom stereocenters. The molecule has 3 rings (SSSR count). The predicted molar refractivity (Wildman–Crippen MR) is 82.8 cm³/mol. The first-order valence-electron chi connectivity index (χ1n) is 7.87. The highest BCUT2D eigenvalue weighted by Gasteiger charge is 2.21. The van der Waals surface area contributed by atoms with Gasteiger partial charge in [0.25, 0.3) is 0 Å². The second-order valence-corrected chi connectivity index (χ2v) is 5.96. The molecule has 1 aromatic carbocycles. The molecule has 2 amide bonds. The van der Waals surface area contributed by atoms with Crippen molar-refractivity contribution >= 4 is 23.3 Å². The summed E-state index contributed by atoms with van der Waals surface area (Å²) in [7, 11) is 0. The van der Waals surface area contributed by atoms with Crippen LogP contribution in [-0.2, 0) is 16.0 Å². The van der Waals surface area contributed by atoms with Crippen LogP contribution in [0.4, 0.5) is 5.69 Å². The first kappa shape index (κ1) is 14.8. The van der Waals surface area contributed by atoms with Gasteiger partial charge in [-0.3, -0.25) is 14.4 Å². The van der Waals surface area contributed by atoms with E-state index in [9.17, 15) is 14.4 Å². The Hall–Kier alpha value is -2.17. The van der Waals surface area contributed by atoms with E-state index in [4.69, 9.17) is 0 Å². The van der Waals surface area contributed by atoms with E-state index in [2.05, 4.69) is 5.32 Å². The van der Waals surface area contributed by atoms with Crippen molar-refractivity contribution in [2.24, 2.45) is 0 Å². The van der Waals surface area contributed by atoms with Gasteiger partial charge < -0.3 is 10.2 Å². The maximum absolute atomic E-state index is 12.2. The van der Waals surface area contributed by atoms with Crippen molar-refractivity contribution in [1.29, 1.82) is 0 Å². The lowest BCUT2D eigenvalue weighted by atomic mass is 10.0. The summed E-state index contributed by atoms with van der Waals surface area (Å²) >= 11 is 0. The van der Waals surface area contributed by atoms with Crippen molar-refractivity contribution in [2.75, 3.05) is 18.4 Å². The highest BCUT2D eigenvalue weighted by Crippen LogP contribution is 2.24. The van der Waals surface area contributed by atoms with Crippen molar-refractivity contribution < 1.29 is 14.4 Å². The lowest BCUT2D eigenvalue weighted by molar-refractivity contribution is -0.132. The number of piperidine rings is 1. The molecule has 0 bridgehead atoms. The van der Waals surface area contributed by atoms with Crippen molar-refractivity contribution in [3.63, 3.8) is 0 Å². The number of Topliss-reactive ketones (excluding diaryl/α,β-unsaturated/α-hetero) is 1. The number of carbonyl (C=O) groups is 3. The van der Waals surface area contributed by atoms with Crippen molar-refractivity contribution in [2.45, 2.75) is 38.5 Å². The van der Waals surface area contributed by atoms with E-state index in [1.54, 1.807) is 18.2 Å². The molecule has 22 heavy (non-hydrogen) atoms. The number of hydrogen-bond donors (Lipinski definition) is 1. The minimum atomic E-state index is -0.0418. The Morgan fingerprint density at radius 1 is 1.09 bits per heavy atom. The van der Waals surface area contributed by atoms with E-state index in [0.717, 1.165) is 37.2 Å². The summed E-state index contributed by atoms with van der Waals surface area (Å²) in [6.45, 7) is 1.64. The molecule has 0 unspecified atom stereocenters. The third-order valence-electron chi connectivity index (χ3n) is 4.33. The molecule has 116 valence electrons. The molecular weight excluding hydrogens is 280 g/mol. The van der Waals surface area contributed by atoms with E-state index in [1.807, 2.05) is 4.90 Å². The topological polar surface area (TPSA) is 66.5 Å². The van der Waals surface area contributed by atoms with E-state index >= 15 is 0 Å². The molecule has 0 radical (unpaired) electrons. The summed E-state index contributed by atoms with van der Waals surface area (Å²) in [5.41, 5.74) is 2.23. The number of fused-ring (bicyclic) bond motifs is 1. The van der Waals surface area contributed by atoms with Crippen LogP contribution < -0.4 is 5.32 Å². The van der Waals surface area contributed by atoms with Crippen LogP contribution in [0, 0.1) is 0 Å². The smallest absolute Gasteiger partial charge is 0.228 e. The number of anilines is 1. The first-order chi connectivity index (χ1) is 10.6. The number of rotatable bonds is 4. The van der Waals surface area contributed by atoms with Crippen LogP contribution >= 0.6 is 0 Å². The SMILES string of the molecule is O=C1Cc2cc(C(=O)CCC(=O)N3CCCCC3)ccc2N1. The second kappa shape index (κ2) is 6.30. The Morgan fingerprint density at radius 2 is 1.86 bits per heavy atom. The fraction of sp³-hybridized carbons (Fsp3) is 0.471. The molecule has 2 aliphatic rings. The summed E-state index contributed by atoms with van der Waals surface area (Å²) in [5, 5.41) is 2.75. The Bertz CT molecular complexity index is 618. The second-order valence-electron chi connectivity index (χ2n) is 5.96. The monoisotopic (exact) mass is 300 g/mol. The molecular formula is C17H20N2O3. The van der Waals surface area contributed by atoms with Gasteiger partial charge in [0.05, 0.1) is 6.42 Å². The zero-order valence-electron chi connectivity index (χ0n) is 12.6. The quantitative estimate of drug-likeness (QED) is 0.867. The fourth-order valence-corrected chi connectivity index (χ4v) is 3.07. The average Bonchev–Trinajstić information content (AvgIpc) is 2.92. The van der Waals surface area contributed by atoms with Gasteiger partial charge in [-0.2, -0.15) is 0 Å². The highest BCUT2D eigenvalue weighted by atomic mass is 16.2. The van der Waals surface area contributed by atoms with Crippen LogP contribution in [0.25, 0.3) is 0 Å². The number of likely N-dealkylation sites (tertiary alicyclic amines) is 1. The molecule has 0 spiro atoms. The fourth-order valence-electron chi connectivity index (χ4n) is 3.07. The normalized spacial score (nSPS) is 17.1. The number of ketones is 1. The van der Waals surface area contributed by atoms with Gasteiger partial charge in [0.15, 0.2) is 5.78 Å². The van der Waals surface area contributed by atoms with E-state index < -0.39 is 0 Å². The van der Waals surface area contributed by atoms with Gasteiger partial charge in [-0.1, -0.05) is 0 Å². The maximum Gasteiger partial charge on any atom is 0.228 e. The van der Waals surface area contributed by atoms with Crippen molar-refractivity contribution in [3.8, 4) is 0 Å². The molecule has 0 aromatic heterocycles. The molecule has 1 saturated heterocycles. The molecule has 0 saturated carbocycles. The highest BCUT2D eigenvalue weighted by molar-refractivity contribution is 6.02. The van der Waals surface area contributed by atoms with Gasteiger partial charge in [-0.05, 0) is 43.0 Å². The van der Waals surface area contributed by atoms with Gasteiger partial charge in [-0.25, -0.2) is 0 Å². The van der Waals surface area contributed by atoms with Crippen molar-refractivity contribution in [3.05, 3.63) is 29.3 Å². The van der Waals surface area contributed by atoms with Crippen LogP contribution in [0.5, 0.6) is 0 Å². The Balaban J connectivity index is 1.57. The van der Waals surface area contributed by atoms with Gasteiger partial charge in [-0.15, -0.1) is 0 Å². The Morgan fingerprint density at radius 3 is 2.64 bits per heavy atom. The summed E-state index contributed by atoms with van der Waals surface area (Å²) in [5.74, 6) is -0.00145. The lowest BCUT2D eigenvalue weighted by Gasteiger charge is -2.26. The number of amides is 2. The zero-order valence-corrected chi connectivity index (χ0v) is 12.6. The van der Waals surface area contributed by atoms with Gasteiger partial charge in [0.1, 0.15) is 0 Å². The Kier molecular flexibility index (Phi) is 4.22. The number of carbonyl (C=O) groups excluding carboxylic acids is 3. The number of benzene rings is 1. The third-order valence-corrected chi connectivity index (χ3v) is 4.33. The zero-order chi connectivity index (χ0) is 15.5. The van der Waals surface area contributed by atoms with Gasteiger partial charge in [0.2, 0.25) is 11.8 Å². The third kappa shape index (κ3) is 3.18. The molecule has 2 heterocycles. The van der Waals surface area contributed by atoms with E-state index in [0.29, 0.717) is 12.0 Å². The number of nitrogens with one attached hydrogen (secondary N) is 1. The summed E-state index contributed by atoms with van der Waals surface area (Å²) in [4.78, 5) is 37.5. The van der Waals surface area contributed by atoms with Crippen LogP contribution in [0.2, 0.25) is 0 Å². The van der Waals surface area contributed by atoms with Crippen LogP contribution in [0.15, 0.2) is 18.2 Å². The van der Waals surface area contributed by atoms with E-state index in [-0.39, 0.29) is 30.4 Å². The largest absolute Gasteiger partial charge is 0.343 e. The predicted octanol–water partition coefficient (Wildman–Crippen LogP) is 2.16. The maximum atomic E-state index is 12.2. The first-order valence-corrected chi connectivity index (χ1v) is 7.87. The molecule has 1 fully saturated rings. The lowest BCUT2D eigenvalue weighted by Crippen LogP contribution is -2.35. The van der Waals surface area contributed by atoms with Crippen LogP contribution in [0.1, 0.15) is 48.0 Å². The van der Waals surface area contributed by atoms with E-state index in [1.165, 1.54) is 6.42 Å². The average molecular weight is 300 g/mol. The van der Waals surface area contributed by atoms with Crippen LogP contribution in [-0.4, -0.2) is 35.6 Å². The molecule has 0 aliphatic carbocycles. The van der Waals surface area contributed by atoms with Gasteiger partial charge in [0, 0.05) is 37.2 Å². The van der Waals surface area contributed by atoms with Crippen LogP contribution in [0.3, 0.4) is 0 Å². The minimum absolute atomic E-state index is 0.0347. The number of hydrogen-bond acceptors (Lipinski definition) is 3. The van der Waals surface area contributed by atoms with Crippen molar-refractivity contribution in [1.82, 2.24) is 4.90 Å². The summed E-state index contributed by atoms with van der Waals surface area (Å²) < 4.78 is 0. The minimum Gasteiger partial charge on any atom is -0.343 e. The molecule has 2 aliphatic heterocycles. The summed E-state index contributed by atoms with van der Waals surface area (Å²) in [6.07, 6.45) is 4.13. The van der Waals surface area contributed by atoms with Gasteiger partial charge >= 0.3 is 0 Å². The molecule has 1 aromatic rings. The Labute approximate surface area is 129 Å². The summed E-state index contributed by atoms with van der Waals surface area (Å²) in [6, 6.07) is 5.25.